The summed E-state index contributed by atoms with van der Waals surface area (Å²) in [5, 5.41) is 0. The van der Waals surface area contributed by atoms with Gasteiger partial charge >= 0.3 is 0 Å². The molecule has 348 valence electrons. The summed E-state index contributed by atoms with van der Waals surface area (Å²) in [6, 6.07) is 16.6. The van der Waals surface area contributed by atoms with Gasteiger partial charge in [-0.05, 0) is 119 Å². The highest BCUT2D eigenvalue weighted by Crippen LogP contribution is 2.62. The average Bonchev–Trinajstić information content (AvgIpc) is 3.35. The van der Waals surface area contributed by atoms with Crippen LogP contribution in [0.25, 0.3) is 5.57 Å². The molecule has 11 aliphatic rings. The van der Waals surface area contributed by atoms with E-state index in [-0.39, 0.29) is 43.6 Å². The third-order valence-electron chi connectivity index (χ3n) is 17.2. The Morgan fingerprint density at radius 3 is 2.23 bits per heavy atom. The Hall–Kier alpha value is -3.61. The van der Waals surface area contributed by atoms with Gasteiger partial charge in [0.05, 0.1) is 0 Å². The summed E-state index contributed by atoms with van der Waals surface area (Å²) in [7, 11) is 0. The van der Waals surface area contributed by atoms with Crippen LogP contribution in [0, 0.1) is 54.3 Å². The van der Waals surface area contributed by atoms with Crippen LogP contribution in [0.15, 0.2) is 64.6 Å². The van der Waals surface area contributed by atoms with E-state index in [2.05, 4.69) is 96.1 Å². The zero-order chi connectivity index (χ0) is 43.7. The van der Waals surface area contributed by atoms with Crippen LogP contribution in [0.4, 0.5) is 0 Å². The highest BCUT2D eigenvalue weighted by Gasteiger charge is 2.70. The van der Waals surface area contributed by atoms with Gasteiger partial charge in [0.1, 0.15) is 30.0 Å². The van der Waals surface area contributed by atoms with E-state index >= 15 is 0 Å². The minimum Gasteiger partial charge on any atom is -0.474 e. The smallest absolute Gasteiger partial charge is 0.293 e. The standard InChI is InChI=1S/C26H35NO5.C26H33NO4.CH4/c1-16-5-8-19(9-6-16)22(14-29-15-28)27-24-18(3)21-10-7-17(2)20-11-12-25(4)13-23(30-24)26(20,21)32-31-25;1-16-8-11-22-17(2)23(27-15-13-19-10-9-18-6-4-5-7-20(18)19)28-24-26(22)21(16)12-14-25(3,29-24)30-31-26;/h5-6,8-9,15,17-18,20-23H,7,10-14H2,1-4H3;4-7,10,16-17,21-22,24H,8-9,11-15H2,1-3H3;1H4/t17-,18-,20?,21?,22?,23-,25+,26-;;/m0../s1. The number of allylic oxidation sites excluding steroid dienone is 1. The molecule has 2 aromatic carbocycles. The molecule has 7 aliphatic heterocycles. The highest BCUT2D eigenvalue weighted by atomic mass is 17.3. The largest absolute Gasteiger partial charge is 0.474 e. The molecular weight excluding hydrogens is 809 g/mol. The van der Waals surface area contributed by atoms with E-state index < -0.39 is 23.3 Å². The number of carbonyl (C=O) groups is 1. The number of aryl methyl sites for hydroxylation is 1. The molecule has 4 bridgehead atoms. The zero-order valence-electron chi connectivity index (χ0n) is 38.4. The summed E-state index contributed by atoms with van der Waals surface area (Å²) in [6.45, 7) is 16.7. The number of rotatable bonds is 8. The molecule has 7 saturated heterocycles. The number of ether oxygens (including phenoxy) is 4. The van der Waals surface area contributed by atoms with Crippen molar-refractivity contribution in [3.8, 4) is 0 Å². The second-order valence-corrected chi connectivity index (χ2v) is 21.1. The second-order valence-electron chi connectivity index (χ2n) is 21.1. The molecular formula is C53H72N2O9. The lowest BCUT2D eigenvalue weighted by Crippen LogP contribution is -2.69. The second kappa shape index (κ2) is 17.6. The van der Waals surface area contributed by atoms with Gasteiger partial charge in [-0.3, -0.25) is 9.79 Å². The molecule has 0 amide bonds. The topological polar surface area (TPSA) is 116 Å². The fourth-order valence-corrected chi connectivity index (χ4v) is 13.6. The van der Waals surface area contributed by atoms with Crippen molar-refractivity contribution >= 4 is 23.8 Å². The Kier molecular flexibility index (Phi) is 12.5. The maximum atomic E-state index is 10.9. The monoisotopic (exact) mass is 881 g/mol. The molecule has 15 atom stereocenters. The average molecular weight is 881 g/mol. The predicted octanol–water partition coefficient (Wildman–Crippen LogP) is 10.9. The first-order chi connectivity index (χ1) is 30.4. The number of hydrogen-bond donors (Lipinski definition) is 0. The molecule has 2 spiro atoms. The van der Waals surface area contributed by atoms with Gasteiger partial charge in [0, 0.05) is 49.0 Å². The first kappa shape index (κ1) is 45.5. The van der Waals surface area contributed by atoms with Gasteiger partial charge in [-0.15, -0.1) is 0 Å². The zero-order valence-corrected chi connectivity index (χ0v) is 38.4. The molecule has 7 heterocycles. The predicted molar refractivity (Wildman–Crippen MR) is 245 cm³/mol. The van der Waals surface area contributed by atoms with Crippen molar-refractivity contribution in [2.45, 2.75) is 168 Å². The van der Waals surface area contributed by atoms with E-state index in [9.17, 15) is 4.79 Å². The molecule has 0 N–H and O–H groups in total. The number of hydrogen-bond acceptors (Lipinski definition) is 11. The number of nitrogens with zero attached hydrogens (tertiary/aromatic N) is 2. The minimum absolute atomic E-state index is 0. The maximum absolute atomic E-state index is 10.9. The van der Waals surface area contributed by atoms with Crippen molar-refractivity contribution in [1.29, 1.82) is 0 Å². The van der Waals surface area contributed by atoms with E-state index in [0.29, 0.717) is 42.0 Å². The first-order valence-corrected chi connectivity index (χ1v) is 24.1. The number of aliphatic imine (C=N–C) groups is 2. The molecule has 10 unspecified atom stereocenters. The van der Waals surface area contributed by atoms with E-state index in [1.165, 1.54) is 35.1 Å². The number of benzene rings is 2. The van der Waals surface area contributed by atoms with E-state index in [4.69, 9.17) is 48.5 Å². The van der Waals surface area contributed by atoms with Crippen molar-refractivity contribution in [2.24, 2.45) is 57.3 Å². The minimum atomic E-state index is -0.735. The van der Waals surface area contributed by atoms with Gasteiger partial charge in [0.2, 0.25) is 12.1 Å². The van der Waals surface area contributed by atoms with Crippen LogP contribution in [0.1, 0.15) is 141 Å². The Morgan fingerprint density at radius 2 is 1.47 bits per heavy atom. The third-order valence-corrected chi connectivity index (χ3v) is 17.2. The normalized spacial score (nSPS) is 42.7. The summed E-state index contributed by atoms with van der Waals surface area (Å²) >= 11 is 0. The fraction of sp³-hybridized carbons (Fsp3) is 0.679. The van der Waals surface area contributed by atoms with Crippen molar-refractivity contribution in [3.05, 3.63) is 76.9 Å². The summed E-state index contributed by atoms with van der Waals surface area (Å²) in [5.41, 5.74) is 5.18. The lowest BCUT2D eigenvalue weighted by Gasteiger charge is -2.59. The van der Waals surface area contributed by atoms with Gasteiger partial charge in [-0.1, -0.05) is 95.3 Å². The number of fused-ring (bicyclic) bond motifs is 5. The molecule has 2 aromatic rings. The Morgan fingerprint density at radius 1 is 0.781 bits per heavy atom. The van der Waals surface area contributed by atoms with E-state index in [1.54, 1.807) is 0 Å². The van der Waals surface area contributed by atoms with E-state index in [1.807, 2.05) is 6.92 Å². The molecule has 64 heavy (non-hydrogen) atoms. The van der Waals surface area contributed by atoms with Gasteiger partial charge in [0.15, 0.2) is 17.4 Å². The molecule has 11 heteroatoms. The first-order valence-electron chi connectivity index (χ1n) is 24.1. The van der Waals surface area contributed by atoms with Crippen molar-refractivity contribution < 1.29 is 43.3 Å². The SMILES string of the molecule is C.CC1CCC2C(C)C(=NCCC3=CCc4ccccc43)OC3OC4(C)CCC1C32OO4.Cc1ccc(C(COC=O)N=C2O[C@H]3C[C@@]4(C)CCC5[C@@H](C)CCC([C@@H]2C)[C@@]53OO4)cc1. The van der Waals surface area contributed by atoms with Gasteiger partial charge in [0.25, 0.3) is 6.47 Å². The van der Waals surface area contributed by atoms with Crippen LogP contribution < -0.4 is 0 Å². The summed E-state index contributed by atoms with van der Waals surface area (Å²) in [5.74, 6) is 3.78. The Bertz CT molecular complexity index is 2120. The van der Waals surface area contributed by atoms with Crippen LogP contribution in [0.2, 0.25) is 0 Å². The maximum Gasteiger partial charge on any atom is 0.293 e. The van der Waals surface area contributed by atoms with Gasteiger partial charge in [-0.25, -0.2) is 24.5 Å². The Balaban J connectivity index is 0.000000160. The summed E-state index contributed by atoms with van der Waals surface area (Å²) in [4.78, 5) is 45.5. The molecule has 13 rings (SSSR count). The van der Waals surface area contributed by atoms with Crippen LogP contribution in [0.3, 0.4) is 0 Å². The molecule has 10 fully saturated rings. The van der Waals surface area contributed by atoms with E-state index in [0.717, 1.165) is 81.7 Å². The molecule has 0 radical (unpaired) electrons. The fourth-order valence-electron chi connectivity index (χ4n) is 13.6. The summed E-state index contributed by atoms with van der Waals surface area (Å²) in [6.07, 6.45) is 13.2. The van der Waals surface area contributed by atoms with Crippen molar-refractivity contribution in [1.82, 2.24) is 0 Å². The highest BCUT2D eigenvalue weighted by molar-refractivity contribution is 5.81. The Labute approximate surface area is 380 Å². The van der Waals surface area contributed by atoms with Gasteiger partial charge in [-0.2, -0.15) is 0 Å². The molecule has 3 saturated carbocycles. The quantitative estimate of drug-likeness (QED) is 0.189. The van der Waals surface area contributed by atoms with Crippen LogP contribution in [-0.4, -0.2) is 66.4 Å². The lowest BCUT2D eigenvalue weighted by molar-refractivity contribution is -0.557. The van der Waals surface area contributed by atoms with Crippen LogP contribution in [0.5, 0.6) is 0 Å². The lowest BCUT2D eigenvalue weighted by atomic mass is 9.56. The van der Waals surface area contributed by atoms with Gasteiger partial charge < -0.3 is 18.9 Å². The van der Waals surface area contributed by atoms with Crippen molar-refractivity contribution in [2.75, 3.05) is 13.2 Å². The molecule has 4 aliphatic carbocycles. The molecule has 0 aromatic heterocycles. The van der Waals surface area contributed by atoms with Crippen LogP contribution >= 0.6 is 0 Å². The van der Waals surface area contributed by atoms with Crippen molar-refractivity contribution in [3.63, 3.8) is 0 Å². The summed E-state index contributed by atoms with van der Waals surface area (Å²) < 4.78 is 24.8. The third kappa shape index (κ3) is 7.67. The molecule has 11 nitrogen and oxygen atoms in total. The van der Waals surface area contributed by atoms with Crippen LogP contribution in [-0.2, 0) is 49.7 Å². The number of carbonyl (C=O) groups excluding carboxylic acids is 1.